The van der Waals surface area contributed by atoms with Crippen molar-refractivity contribution in [3.8, 4) is 11.6 Å². The summed E-state index contributed by atoms with van der Waals surface area (Å²) in [5.74, 6) is 1.69. The molecule has 0 radical (unpaired) electrons. The molecule has 1 aromatic heterocycles. The van der Waals surface area contributed by atoms with Crippen LogP contribution in [0.2, 0.25) is 0 Å². The predicted molar refractivity (Wildman–Crippen MR) is 104 cm³/mol. The minimum atomic E-state index is 0.280. The number of rotatable bonds is 8. The fraction of sp³-hybridized carbons (Fsp3) is 0.550. The van der Waals surface area contributed by atoms with Crippen LogP contribution < -0.4 is 14.8 Å². The maximum Gasteiger partial charge on any atom is 0.216 e. The van der Waals surface area contributed by atoms with Crippen molar-refractivity contribution in [1.82, 2.24) is 20.0 Å². The molecule has 1 unspecified atom stereocenters. The van der Waals surface area contributed by atoms with Gasteiger partial charge in [0.1, 0.15) is 5.75 Å². The molecule has 1 aliphatic rings. The second-order valence-electron chi connectivity index (χ2n) is 6.77. The van der Waals surface area contributed by atoms with Gasteiger partial charge in [-0.2, -0.15) is 5.10 Å². The maximum atomic E-state index is 5.54. The number of nitrogens with one attached hydrogen (secondary N) is 1. The quantitative estimate of drug-likeness (QED) is 0.762. The molecule has 2 aromatic rings. The first-order valence-electron chi connectivity index (χ1n) is 9.37. The highest BCUT2D eigenvalue weighted by Gasteiger charge is 2.23. The standard InChI is InChI=1S/C20H30N4O3/c1-15-18(20(26-4)23(2)22-15)13-21-14-19(24-9-11-27-12-10-24)16-5-7-17(25-3)8-6-16/h5-8,19,21H,9-14H2,1-4H3. The van der Waals surface area contributed by atoms with Crippen LogP contribution >= 0.6 is 0 Å². The molecular formula is C20H30N4O3. The number of hydrogen-bond donors (Lipinski definition) is 1. The van der Waals surface area contributed by atoms with Gasteiger partial charge < -0.3 is 19.5 Å². The van der Waals surface area contributed by atoms with Crippen LogP contribution in [0.3, 0.4) is 0 Å². The first-order chi connectivity index (χ1) is 13.1. The van der Waals surface area contributed by atoms with E-state index in [0.717, 1.165) is 62.3 Å². The van der Waals surface area contributed by atoms with Crippen LogP contribution in [0.5, 0.6) is 11.6 Å². The average molecular weight is 374 g/mol. The molecule has 1 saturated heterocycles. The Kier molecular flexibility index (Phi) is 6.71. The number of aromatic nitrogens is 2. The van der Waals surface area contributed by atoms with Crippen LogP contribution in [0.15, 0.2) is 24.3 Å². The lowest BCUT2D eigenvalue weighted by atomic mass is 10.0. The van der Waals surface area contributed by atoms with Gasteiger partial charge in [0.25, 0.3) is 0 Å². The molecule has 2 heterocycles. The molecule has 1 aromatic carbocycles. The molecule has 27 heavy (non-hydrogen) atoms. The molecule has 0 spiro atoms. The third-order valence-corrected chi connectivity index (χ3v) is 5.11. The Bertz CT molecular complexity index is 724. The van der Waals surface area contributed by atoms with E-state index in [1.54, 1.807) is 18.9 Å². The van der Waals surface area contributed by atoms with E-state index in [-0.39, 0.29) is 6.04 Å². The SMILES string of the molecule is COc1ccc(C(CNCc2c(C)nn(C)c2OC)N2CCOCC2)cc1. The molecule has 148 valence electrons. The summed E-state index contributed by atoms with van der Waals surface area (Å²) in [5.41, 5.74) is 3.38. The van der Waals surface area contributed by atoms with Crippen LogP contribution in [0.1, 0.15) is 22.9 Å². The molecule has 7 heteroatoms. The van der Waals surface area contributed by atoms with E-state index in [4.69, 9.17) is 14.2 Å². The highest BCUT2D eigenvalue weighted by Crippen LogP contribution is 2.25. The first-order valence-corrected chi connectivity index (χ1v) is 9.37. The fourth-order valence-corrected chi connectivity index (χ4v) is 3.65. The van der Waals surface area contributed by atoms with Crippen LogP contribution in [-0.2, 0) is 18.3 Å². The largest absolute Gasteiger partial charge is 0.497 e. The zero-order valence-electron chi connectivity index (χ0n) is 16.7. The van der Waals surface area contributed by atoms with Crippen molar-refractivity contribution < 1.29 is 14.2 Å². The Balaban J connectivity index is 1.71. The van der Waals surface area contributed by atoms with Crippen LogP contribution in [0.25, 0.3) is 0 Å². The second kappa shape index (κ2) is 9.21. The van der Waals surface area contributed by atoms with E-state index in [1.165, 1.54) is 5.56 Å². The summed E-state index contributed by atoms with van der Waals surface area (Å²) in [6.07, 6.45) is 0. The smallest absolute Gasteiger partial charge is 0.216 e. The third-order valence-electron chi connectivity index (χ3n) is 5.11. The van der Waals surface area contributed by atoms with Crippen molar-refractivity contribution in [2.45, 2.75) is 19.5 Å². The van der Waals surface area contributed by atoms with Crippen molar-refractivity contribution in [3.05, 3.63) is 41.1 Å². The minimum absolute atomic E-state index is 0.280. The van der Waals surface area contributed by atoms with Gasteiger partial charge in [-0.1, -0.05) is 12.1 Å². The zero-order chi connectivity index (χ0) is 19.2. The van der Waals surface area contributed by atoms with E-state index in [1.807, 2.05) is 26.1 Å². The molecule has 1 aliphatic heterocycles. The molecule has 1 fully saturated rings. The Morgan fingerprint density at radius 2 is 1.85 bits per heavy atom. The summed E-state index contributed by atoms with van der Waals surface area (Å²) in [4.78, 5) is 2.48. The van der Waals surface area contributed by atoms with Crippen molar-refractivity contribution in [2.75, 3.05) is 47.1 Å². The van der Waals surface area contributed by atoms with Gasteiger partial charge in [-0.25, -0.2) is 4.68 Å². The average Bonchev–Trinajstić information content (AvgIpc) is 2.98. The van der Waals surface area contributed by atoms with Gasteiger partial charge in [-0.3, -0.25) is 4.90 Å². The third kappa shape index (κ3) is 4.61. The van der Waals surface area contributed by atoms with Gasteiger partial charge in [0.2, 0.25) is 5.88 Å². The van der Waals surface area contributed by atoms with E-state index in [9.17, 15) is 0 Å². The lowest BCUT2D eigenvalue weighted by molar-refractivity contribution is 0.0161. The summed E-state index contributed by atoms with van der Waals surface area (Å²) in [6, 6.07) is 8.63. The van der Waals surface area contributed by atoms with E-state index >= 15 is 0 Å². The highest BCUT2D eigenvalue weighted by atomic mass is 16.5. The van der Waals surface area contributed by atoms with Gasteiger partial charge in [-0.05, 0) is 24.6 Å². The zero-order valence-corrected chi connectivity index (χ0v) is 16.7. The van der Waals surface area contributed by atoms with Gasteiger partial charge >= 0.3 is 0 Å². The molecule has 1 atom stereocenters. The summed E-state index contributed by atoms with van der Waals surface area (Å²) < 4.78 is 18.1. The summed E-state index contributed by atoms with van der Waals surface area (Å²) in [7, 11) is 5.29. The van der Waals surface area contributed by atoms with Crippen molar-refractivity contribution in [3.63, 3.8) is 0 Å². The number of ether oxygens (including phenoxy) is 3. The molecule has 3 rings (SSSR count). The number of benzene rings is 1. The van der Waals surface area contributed by atoms with Gasteiger partial charge in [0, 0.05) is 39.3 Å². The predicted octanol–water partition coefficient (Wildman–Crippen LogP) is 1.91. The molecule has 0 saturated carbocycles. The Morgan fingerprint density at radius 3 is 2.48 bits per heavy atom. The monoisotopic (exact) mass is 374 g/mol. The minimum Gasteiger partial charge on any atom is -0.497 e. The lowest BCUT2D eigenvalue weighted by Gasteiger charge is -2.35. The topological polar surface area (TPSA) is 60.8 Å². The first kappa shape index (κ1) is 19.7. The van der Waals surface area contributed by atoms with Gasteiger partial charge in [0.15, 0.2) is 0 Å². The second-order valence-corrected chi connectivity index (χ2v) is 6.77. The molecule has 0 bridgehead atoms. The van der Waals surface area contributed by atoms with Crippen molar-refractivity contribution in [1.29, 1.82) is 0 Å². The van der Waals surface area contributed by atoms with Crippen LogP contribution in [-0.4, -0.2) is 61.7 Å². The van der Waals surface area contributed by atoms with Gasteiger partial charge in [0.05, 0.1) is 38.7 Å². The van der Waals surface area contributed by atoms with Crippen LogP contribution in [0, 0.1) is 6.92 Å². The number of hydrogen-bond acceptors (Lipinski definition) is 6. The van der Waals surface area contributed by atoms with Crippen LogP contribution in [0.4, 0.5) is 0 Å². The van der Waals surface area contributed by atoms with Crippen molar-refractivity contribution in [2.24, 2.45) is 7.05 Å². The lowest BCUT2D eigenvalue weighted by Crippen LogP contribution is -2.42. The normalized spacial score (nSPS) is 16.3. The van der Waals surface area contributed by atoms with Crippen molar-refractivity contribution >= 4 is 0 Å². The number of aryl methyl sites for hydroxylation is 2. The Labute approximate surface area is 161 Å². The number of morpholine rings is 1. The summed E-state index contributed by atoms with van der Waals surface area (Å²) in [6.45, 7) is 7.01. The molecule has 1 N–H and O–H groups in total. The molecular weight excluding hydrogens is 344 g/mol. The Hall–Kier alpha value is -2.09. The fourth-order valence-electron chi connectivity index (χ4n) is 3.65. The molecule has 0 amide bonds. The van der Waals surface area contributed by atoms with E-state index in [2.05, 4.69) is 27.4 Å². The summed E-state index contributed by atoms with van der Waals surface area (Å²) in [5, 5.41) is 8.07. The van der Waals surface area contributed by atoms with E-state index in [0.29, 0.717) is 0 Å². The van der Waals surface area contributed by atoms with E-state index < -0.39 is 0 Å². The van der Waals surface area contributed by atoms with Gasteiger partial charge in [-0.15, -0.1) is 0 Å². The number of methoxy groups -OCH3 is 2. The number of nitrogens with zero attached hydrogens (tertiary/aromatic N) is 3. The maximum absolute atomic E-state index is 5.54. The molecule has 0 aliphatic carbocycles. The summed E-state index contributed by atoms with van der Waals surface area (Å²) >= 11 is 0. The molecule has 7 nitrogen and oxygen atoms in total. The Morgan fingerprint density at radius 1 is 1.15 bits per heavy atom. The highest BCUT2D eigenvalue weighted by molar-refractivity contribution is 5.31.